The van der Waals surface area contributed by atoms with Crippen LogP contribution in [0.15, 0.2) is 12.4 Å². The lowest BCUT2D eigenvalue weighted by molar-refractivity contribution is 0.355. The second-order valence-corrected chi connectivity index (χ2v) is 6.25. The summed E-state index contributed by atoms with van der Waals surface area (Å²) < 4.78 is 2.04. The zero-order chi connectivity index (χ0) is 12.3. The third-order valence-electron chi connectivity index (χ3n) is 3.56. The SMILES string of the molecule is CC(C)(C)n1cc(CNCC2CCCC2)cn1. The Kier molecular flexibility index (Phi) is 3.87. The van der Waals surface area contributed by atoms with Crippen LogP contribution in [0.3, 0.4) is 0 Å². The molecule has 0 bridgehead atoms. The van der Waals surface area contributed by atoms with Crippen molar-refractivity contribution in [3.63, 3.8) is 0 Å². The number of nitrogens with one attached hydrogen (secondary N) is 1. The first-order valence-corrected chi connectivity index (χ1v) is 6.80. The molecule has 1 N–H and O–H groups in total. The Labute approximate surface area is 105 Å². The standard InChI is InChI=1S/C14H25N3/c1-14(2,3)17-11-13(10-16-17)9-15-8-12-6-4-5-7-12/h10-12,15H,4-9H2,1-3H3. The summed E-state index contributed by atoms with van der Waals surface area (Å²) in [7, 11) is 0. The molecule has 3 nitrogen and oxygen atoms in total. The summed E-state index contributed by atoms with van der Waals surface area (Å²) in [6.07, 6.45) is 9.81. The highest BCUT2D eigenvalue weighted by molar-refractivity contribution is 5.04. The minimum absolute atomic E-state index is 0.0870. The van der Waals surface area contributed by atoms with Gasteiger partial charge in [0.1, 0.15) is 0 Å². The van der Waals surface area contributed by atoms with E-state index in [1.165, 1.54) is 37.8 Å². The lowest BCUT2D eigenvalue weighted by atomic mass is 10.1. The Morgan fingerprint density at radius 1 is 1.35 bits per heavy atom. The van der Waals surface area contributed by atoms with Crippen LogP contribution in [0.2, 0.25) is 0 Å². The predicted octanol–water partition coefficient (Wildman–Crippen LogP) is 2.92. The summed E-state index contributed by atoms with van der Waals surface area (Å²) in [5.74, 6) is 0.910. The smallest absolute Gasteiger partial charge is 0.0543 e. The van der Waals surface area contributed by atoms with E-state index in [1.54, 1.807) is 0 Å². The van der Waals surface area contributed by atoms with Gasteiger partial charge in [0.25, 0.3) is 0 Å². The van der Waals surface area contributed by atoms with E-state index in [-0.39, 0.29) is 5.54 Å². The van der Waals surface area contributed by atoms with Gasteiger partial charge in [-0.05, 0) is 46.1 Å². The molecular weight excluding hydrogens is 210 g/mol. The normalized spacial score (nSPS) is 17.8. The molecule has 3 heteroatoms. The van der Waals surface area contributed by atoms with Crippen LogP contribution in [0, 0.1) is 5.92 Å². The minimum atomic E-state index is 0.0870. The lowest BCUT2D eigenvalue weighted by Gasteiger charge is -2.18. The topological polar surface area (TPSA) is 29.9 Å². The summed E-state index contributed by atoms with van der Waals surface area (Å²) >= 11 is 0. The molecule has 1 aliphatic rings. The number of rotatable bonds is 4. The number of hydrogen-bond donors (Lipinski definition) is 1. The van der Waals surface area contributed by atoms with Gasteiger partial charge in [-0.1, -0.05) is 12.8 Å². The van der Waals surface area contributed by atoms with E-state index in [1.807, 2.05) is 10.9 Å². The maximum Gasteiger partial charge on any atom is 0.0543 e. The molecule has 0 aromatic carbocycles. The molecule has 0 amide bonds. The summed E-state index contributed by atoms with van der Waals surface area (Å²) in [6, 6.07) is 0. The van der Waals surface area contributed by atoms with Gasteiger partial charge in [-0.2, -0.15) is 5.10 Å². The maximum absolute atomic E-state index is 4.41. The number of hydrogen-bond acceptors (Lipinski definition) is 2. The molecule has 0 unspecified atom stereocenters. The first-order chi connectivity index (χ1) is 8.05. The predicted molar refractivity (Wildman–Crippen MR) is 70.9 cm³/mol. The minimum Gasteiger partial charge on any atom is -0.312 e. The number of aromatic nitrogens is 2. The van der Waals surface area contributed by atoms with Crippen molar-refractivity contribution in [3.05, 3.63) is 18.0 Å². The molecule has 1 fully saturated rings. The first-order valence-electron chi connectivity index (χ1n) is 6.80. The van der Waals surface area contributed by atoms with Crippen molar-refractivity contribution in [2.24, 2.45) is 5.92 Å². The monoisotopic (exact) mass is 235 g/mol. The van der Waals surface area contributed by atoms with Gasteiger partial charge in [0.05, 0.1) is 11.7 Å². The average molecular weight is 235 g/mol. The van der Waals surface area contributed by atoms with Crippen molar-refractivity contribution in [2.45, 2.75) is 58.5 Å². The van der Waals surface area contributed by atoms with E-state index in [2.05, 4.69) is 37.4 Å². The second-order valence-electron chi connectivity index (χ2n) is 6.25. The third-order valence-corrected chi connectivity index (χ3v) is 3.56. The van der Waals surface area contributed by atoms with E-state index >= 15 is 0 Å². The molecule has 17 heavy (non-hydrogen) atoms. The quantitative estimate of drug-likeness (QED) is 0.869. The highest BCUT2D eigenvalue weighted by Crippen LogP contribution is 2.23. The van der Waals surface area contributed by atoms with E-state index in [9.17, 15) is 0 Å². The molecule has 96 valence electrons. The highest BCUT2D eigenvalue weighted by Gasteiger charge is 2.15. The largest absolute Gasteiger partial charge is 0.312 e. The molecule has 0 spiro atoms. The van der Waals surface area contributed by atoms with Crippen molar-refractivity contribution in [1.29, 1.82) is 0 Å². The van der Waals surface area contributed by atoms with Gasteiger partial charge in [-0.3, -0.25) is 4.68 Å². The Bertz CT molecular complexity index is 343. The van der Waals surface area contributed by atoms with Crippen molar-refractivity contribution >= 4 is 0 Å². The third kappa shape index (κ3) is 3.56. The van der Waals surface area contributed by atoms with Crippen LogP contribution in [-0.2, 0) is 12.1 Å². The molecule has 1 heterocycles. The van der Waals surface area contributed by atoms with Crippen molar-refractivity contribution in [2.75, 3.05) is 6.54 Å². The van der Waals surface area contributed by atoms with Gasteiger partial charge in [-0.25, -0.2) is 0 Å². The van der Waals surface area contributed by atoms with Gasteiger partial charge in [0, 0.05) is 18.3 Å². The molecule has 0 aliphatic heterocycles. The van der Waals surface area contributed by atoms with E-state index in [0.29, 0.717) is 0 Å². The van der Waals surface area contributed by atoms with E-state index < -0.39 is 0 Å². The Hall–Kier alpha value is -0.830. The molecule has 0 radical (unpaired) electrons. The molecule has 2 rings (SSSR count). The first kappa shape index (κ1) is 12.6. The van der Waals surface area contributed by atoms with Gasteiger partial charge >= 0.3 is 0 Å². The summed E-state index contributed by atoms with van der Waals surface area (Å²) in [5.41, 5.74) is 1.38. The van der Waals surface area contributed by atoms with Crippen LogP contribution < -0.4 is 5.32 Å². The van der Waals surface area contributed by atoms with Crippen LogP contribution in [0.1, 0.15) is 52.0 Å². The van der Waals surface area contributed by atoms with Crippen molar-refractivity contribution in [1.82, 2.24) is 15.1 Å². The van der Waals surface area contributed by atoms with Crippen LogP contribution in [0.25, 0.3) is 0 Å². The maximum atomic E-state index is 4.41. The fourth-order valence-electron chi connectivity index (χ4n) is 2.45. The Morgan fingerprint density at radius 3 is 2.65 bits per heavy atom. The molecule has 0 saturated heterocycles. The second kappa shape index (κ2) is 5.21. The fraction of sp³-hybridized carbons (Fsp3) is 0.786. The van der Waals surface area contributed by atoms with Gasteiger partial charge in [-0.15, -0.1) is 0 Å². The molecule has 0 atom stereocenters. The van der Waals surface area contributed by atoms with Crippen LogP contribution >= 0.6 is 0 Å². The Balaban J connectivity index is 1.77. The highest BCUT2D eigenvalue weighted by atomic mass is 15.3. The Morgan fingerprint density at radius 2 is 2.06 bits per heavy atom. The zero-order valence-electron chi connectivity index (χ0n) is 11.4. The molecule has 1 aromatic heterocycles. The van der Waals surface area contributed by atoms with Crippen LogP contribution in [-0.4, -0.2) is 16.3 Å². The summed E-state index contributed by atoms with van der Waals surface area (Å²) in [5, 5.41) is 7.97. The lowest BCUT2D eigenvalue weighted by Crippen LogP contribution is -2.22. The average Bonchev–Trinajstić information content (AvgIpc) is 2.86. The molecule has 1 saturated carbocycles. The van der Waals surface area contributed by atoms with Crippen LogP contribution in [0.4, 0.5) is 0 Å². The number of nitrogens with zero attached hydrogens (tertiary/aromatic N) is 2. The van der Waals surface area contributed by atoms with E-state index in [0.717, 1.165) is 12.5 Å². The van der Waals surface area contributed by atoms with Gasteiger partial charge in [0.2, 0.25) is 0 Å². The molecule has 1 aliphatic carbocycles. The van der Waals surface area contributed by atoms with E-state index in [4.69, 9.17) is 0 Å². The zero-order valence-corrected chi connectivity index (χ0v) is 11.4. The molecular formula is C14H25N3. The van der Waals surface area contributed by atoms with Gasteiger partial charge in [0.15, 0.2) is 0 Å². The fourth-order valence-corrected chi connectivity index (χ4v) is 2.45. The van der Waals surface area contributed by atoms with Crippen molar-refractivity contribution in [3.8, 4) is 0 Å². The molecule has 1 aromatic rings. The van der Waals surface area contributed by atoms with Gasteiger partial charge < -0.3 is 5.32 Å². The summed E-state index contributed by atoms with van der Waals surface area (Å²) in [6.45, 7) is 8.65. The summed E-state index contributed by atoms with van der Waals surface area (Å²) in [4.78, 5) is 0. The van der Waals surface area contributed by atoms with Crippen molar-refractivity contribution < 1.29 is 0 Å². The van der Waals surface area contributed by atoms with Crippen LogP contribution in [0.5, 0.6) is 0 Å².